The number of carbonyl (C=O) groups excluding carboxylic acids is 1. The van der Waals surface area contributed by atoms with Crippen molar-refractivity contribution in [3.8, 4) is 0 Å². The number of sulfone groups is 1. The van der Waals surface area contributed by atoms with E-state index in [2.05, 4.69) is 5.32 Å². The highest BCUT2D eigenvalue weighted by Gasteiger charge is 2.29. The molecule has 0 saturated heterocycles. The summed E-state index contributed by atoms with van der Waals surface area (Å²) in [6, 6.07) is 22.6. The van der Waals surface area contributed by atoms with Crippen molar-refractivity contribution in [3.63, 3.8) is 0 Å². The first-order valence-corrected chi connectivity index (χ1v) is 10.4. The lowest BCUT2D eigenvalue weighted by Gasteiger charge is -2.19. The van der Waals surface area contributed by atoms with E-state index in [0.717, 1.165) is 0 Å². The molecule has 0 bridgehead atoms. The highest BCUT2D eigenvalue weighted by molar-refractivity contribution is 7.91. The quantitative estimate of drug-likeness (QED) is 0.661. The zero-order chi connectivity index (χ0) is 20.0. The summed E-state index contributed by atoms with van der Waals surface area (Å²) in [6.07, 6.45) is 0.0488. The van der Waals surface area contributed by atoms with Gasteiger partial charge in [-0.15, -0.1) is 0 Å². The summed E-state index contributed by atoms with van der Waals surface area (Å²) in [7, 11) is -3.69. The van der Waals surface area contributed by atoms with Gasteiger partial charge in [0, 0.05) is 6.54 Å². The molecule has 0 spiro atoms. The first kappa shape index (κ1) is 19.8. The van der Waals surface area contributed by atoms with Gasteiger partial charge in [-0.1, -0.05) is 60.7 Å². The van der Waals surface area contributed by atoms with Gasteiger partial charge < -0.3 is 5.32 Å². The number of carbonyl (C=O) groups is 1. The molecule has 1 amide bonds. The first-order chi connectivity index (χ1) is 13.5. The summed E-state index contributed by atoms with van der Waals surface area (Å²) in [5.41, 5.74) is 1.26. The van der Waals surface area contributed by atoms with Crippen LogP contribution in [0, 0.1) is 5.82 Å². The van der Waals surface area contributed by atoms with Crippen molar-refractivity contribution in [3.05, 3.63) is 102 Å². The lowest BCUT2D eigenvalue weighted by atomic mass is 10.1. The van der Waals surface area contributed by atoms with Crippen LogP contribution in [-0.4, -0.2) is 20.9 Å². The summed E-state index contributed by atoms with van der Waals surface area (Å²) >= 11 is 0. The minimum Gasteiger partial charge on any atom is -0.354 e. The van der Waals surface area contributed by atoms with E-state index in [1.165, 1.54) is 24.3 Å². The second-order valence-electron chi connectivity index (χ2n) is 6.36. The summed E-state index contributed by atoms with van der Waals surface area (Å²) in [5, 5.41) is 1.80. The molecule has 0 saturated carbocycles. The minimum atomic E-state index is -3.69. The topological polar surface area (TPSA) is 63.2 Å². The molecular weight excluding hydrogens is 377 g/mol. The van der Waals surface area contributed by atoms with Crippen LogP contribution in [0.4, 0.5) is 4.39 Å². The molecule has 0 aromatic heterocycles. The van der Waals surface area contributed by atoms with E-state index >= 15 is 0 Å². The maximum absolute atomic E-state index is 13.1. The Kier molecular flexibility index (Phi) is 6.21. The van der Waals surface area contributed by atoms with Crippen molar-refractivity contribution in [1.29, 1.82) is 0 Å². The molecule has 0 aliphatic rings. The number of rotatable bonds is 7. The smallest absolute Gasteiger partial charge is 0.224 e. The van der Waals surface area contributed by atoms with Gasteiger partial charge in [-0.25, -0.2) is 12.8 Å². The van der Waals surface area contributed by atoms with Crippen LogP contribution < -0.4 is 5.32 Å². The molecular formula is C22H20FNO3S. The van der Waals surface area contributed by atoms with Crippen molar-refractivity contribution >= 4 is 15.7 Å². The predicted molar refractivity (Wildman–Crippen MR) is 106 cm³/mol. The number of nitrogens with one attached hydrogen (secondary N) is 1. The van der Waals surface area contributed by atoms with E-state index in [4.69, 9.17) is 0 Å². The van der Waals surface area contributed by atoms with Gasteiger partial charge in [0.15, 0.2) is 9.84 Å². The second-order valence-corrected chi connectivity index (χ2v) is 8.50. The summed E-state index contributed by atoms with van der Waals surface area (Å²) < 4.78 is 39.3. The molecule has 4 nitrogen and oxygen atoms in total. The number of benzene rings is 3. The summed E-state index contributed by atoms with van der Waals surface area (Å²) in [6.45, 7) is -0.0543. The Labute approximate surface area is 164 Å². The molecule has 0 fully saturated rings. The van der Waals surface area contributed by atoms with Gasteiger partial charge in [-0.2, -0.15) is 0 Å². The third kappa shape index (κ3) is 4.84. The zero-order valence-corrected chi connectivity index (χ0v) is 15.9. The molecule has 3 aromatic carbocycles. The molecule has 144 valence electrons. The maximum atomic E-state index is 13.1. The van der Waals surface area contributed by atoms with Gasteiger partial charge in [0.2, 0.25) is 5.91 Å². The van der Waals surface area contributed by atoms with Crippen LogP contribution in [0.15, 0.2) is 89.8 Å². The Bertz CT molecular complexity index is 1020. The van der Waals surface area contributed by atoms with Gasteiger partial charge in [0.1, 0.15) is 11.1 Å². The first-order valence-electron chi connectivity index (χ1n) is 8.82. The largest absolute Gasteiger partial charge is 0.354 e. The van der Waals surface area contributed by atoms with Crippen LogP contribution in [0.2, 0.25) is 0 Å². The molecule has 0 unspecified atom stereocenters. The van der Waals surface area contributed by atoms with Crippen LogP contribution >= 0.6 is 0 Å². The summed E-state index contributed by atoms with van der Waals surface area (Å²) in [5.74, 6) is -0.696. The highest BCUT2D eigenvalue weighted by atomic mass is 32.2. The van der Waals surface area contributed by atoms with Gasteiger partial charge in [0.05, 0.1) is 11.3 Å². The zero-order valence-electron chi connectivity index (χ0n) is 15.1. The fourth-order valence-electron chi connectivity index (χ4n) is 2.91. The summed E-state index contributed by atoms with van der Waals surface area (Å²) in [4.78, 5) is 12.5. The van der Waals surface area contributed by atoms with Gasteiger partial charge in [-0.3, -0.25) is 4.79 Å². The van der Waals surface area contributed by atoms with Crippen LogP contribution in [-0.2, 0) is 21.1 Å². The molecule has 28 heavy (non-hydrogen) atoms. The number of amides is 1. The number of halogens is 1. The SMILES string of the molecule is O=C(Cc1ccc(F)cc1)NC[C@H](c1ccccc1)S(=O)(=O)c1ccccc1. The van der Waals surface area contributed by atoms with Crippen LogP contribution in [0.3, 0.4) is 0 Å². The molecule has 0 aliphatic carbocycles. The molecule has 0 radical (unpaired) electrons. The third-order valence-electron chi connectivity index (χ3n) is 4.38. The molecule has 6 heteroatoms. The average molecular weight is 397 g/mol. The second kappa shape index (κ2) is 8.80. The monoisotopic (exact) mass is 397 g/mol. The third-order valence-corrected chi connectivity index (χ3v) is 6.50. The van der Waals surface area contributed by atoms with Crippen molar-refractivity contribution < 1.29 is 17.6 Å². The van der Waals surface area contributed by atoms with Gasteiger partial charge in [-0.05, 0) is 35.4 Å². The van der Waals surface area contributed by atoms with Gasteiger partial charge in [0.25, 0.3) is 0 Å². The molecule has 1 N–H and O–H groups in total. The van der Waals surface area contributed by atoms with E-state index in [1.54, 1.807) is 54.6 Å². The van der Waals surface area contributed by atoms with Crippen molar-refractivity contribution in [2.45, 2.75) is 16.6 Å². The van der Waals surface area contributed by atoms with Crippen LogP contribution in [0.25, 0.3) is 0 Å². The van der Waals surface area contributed by atoms with E-state index < -0.39 is 15.1 Å². The predicted octanol–water partition coefficient (Wildman–Crippen LogP) is 3.70. The Hall–Kier alpha value is -2.99. The minimum absolute atomic E-state index is 0.0488. The Morgan fingerprint density at radius 3 is 2.04 bits per heavy atom. The van der Waals surface area contributed by atoms with E-state index in [0.29, 0.717) is 11.1 Å². The fraction of sp³-hybridized carbons (Fsp3) is 0.136. The number of hydrogen-bond donors (Lipinski definition) is 1. The Morgan fingerprint density at radius 1 is 0.857 bits per heavy atom. The highest BCUT2D eigenvalue weighted by Crippen LogP contribution is 2.28. The normalized spacial score (nSPS) is 12.3. The van der Waals surface area contributed by atoms with E-state index in [9.17, 15) is 17.6 Å². The average Bonchev–Trinajstić information content (AvgIpc) is 2.71. The standard InChI is InChI=1S/C22H20FNO3S/c23-19-13-11-17(12-14-19)15-22(25)24-16-21(18-7-3-1-4-8-18)28(26,27)20-9-5-2-6-10-20/h1-14,21H,15-16H2,(H,24,25)/t21-/m1/s1. The molecule has 0 aliphatic heterocycles. The molecule has 3 aromatic rings. The van der Waals surface area contributed by atoms with Crippen LogP contribution in [0.1, 0.15) is 16.4 Å². The maximum Gasteiger partial charge on any atom is 0.224 e. The van der Waals surface area contributed by atoms with Crippen molar-refractivity contribution in [2.75, 3.05) is 6.54 Å². The van der Waals surface area contributed by atoms with Crippen molar-refractivity contribution in [2.24, 2.45) is 0 Å². The lowest BCUT2D eigenvalue weighted by molar-refractivity contribution is -0.120. The Balaban J connectivity index is 1.78. The van der Waals surface area contributed by atoms with Crippen molar-refractivity contribution in [1.82, 2.24) is 5.32 Å². The van der Waals surface area contributed by atoms with E-state index in [1.807, 2.05) is 6.07 Å². The van der Waals surface area contributed by atoms with Gasteiger partial charge >= 0.3 is 0 Å². The van der Waals surface area contributed by atoms with E-state index in [-0.39, 0.29) is 29.6 Å². The molecule has 1 atom stereocenters. The molecule has 0 heterocycles. The lowest BCUT2D eigenvalue weighted by Crippen LogP contribution is -2.32. The van der Waals surface area contributed by atoms with Crippen LogP contribution in [0.5, 0.6) is 0 Å². The fourth-order valence-corrected chi connectivity index (χ4v) is 4.59. The number of hydrogen-bond acceptors (Lipinski definition) is 3. The Morgan fingerprint density at radius 2 is 1.43 bits per heavy atom. The molecule has 3 rings (SSSR count).